The predicted molar refractivity (Wildman–Crippen MR) is 124 cm³/mol. The van der Waals surface area contributed by atoms with Crippen LogP contribution in [0.2, 0.25) is 0 Å². The number of fused-ring (bicyclic) bond motifs is 1. The van der Waals surface area contributed by atoms with Gasteiger partial charge in [0, 0.05) is 24.6 Å². The van der Waals surface area contributed by atoms with E-state index >= 15 is 0 Å². The van der Waals surface area contributed by atoms with Crippen molar-refractivity contribution in [2.24, 2.45) is 0 Å². The van der Waals surface area contributed by atoms with Crippen LogP contribution < -0.4 is 14.4 Å². The second-order valence-electron chi connectivity index (χ2n) is 7.99. The van der Waals surface area contributed by atoms with Crippen molar-refractivity contribution in [1.82, 2.24) is 9.55 Å². The molecule has 4 aromatic rings. The van der Waals surface area contributed by atoms with Gasteiger partial charge in [0.25, 0.3) is 0 Å². The molecule has 1 aromatic heterocycles. The number of hydrogen-bond acceptors (Lipinski definition) is 4. The van der Waals surface area contributed by atoms with Crippen LogP contribution in [-0.2, 0) is 11.3 Å². The fourth-order valence-electron chi connectivity index (χ4n) is 4.38. The van der Waals surface area contributed by atoms with Crippen LogP contribution in [0.5, 0.6) is 11.5 Å². The number of carbonyl (C=O) groups excluding carboxylic acids is 1. The second kappa shape index (κ2) is 8.94. The third-order valence-electron chi connectivity index (χ3n) is 5.95. The van der Waals surface area contributed by atoms with E-state index in [0.29, 0.717) is 43.3 Å². The topological polar surface area (TPSA) is 56.6 Å². The molecule has 168 valence electrons. The molecule has 0 unspecified atom stereocenters. The van der Waals surface area contributed by atoms with Crippen molar-refractivity contribution < 1.29 is 18.7 Å². The fourth-order valence-corrected chi connectivity index (χ4v) is 4.38. The summed E-state index contributed by atoms with van der Waals surface area (Å²) in [7, 11) is 1.62. The molecular weight excluding hydrogens is 421 g/mol. The standard InChI is InChI=1S/C26H24FN3O3/c1-32-23-8-4-5-9-24(23)33-15-14-29-22-7-3-2-6-21(22)28-26(29)18-16-25(31)30(17-18)20-12-10-19(27)11-13-20/h2-13,18H,14-17H2,1H3/t18-/m1/s1. The van der Waals surface area contributed by atoms with E-state index in [1.54, 1.807) is 24.1 Å². The molecule has 3 aromatic carbocycles. The Bertz CT molecular complexity index is 1290. The van der Waals surface area contributed by atoms with Gasteiger partial charge in [-0.05, 0) is 48.5 Å². The maximum absolute atomic E-state index is 13.3. The van der Waals surface area contributed by atoms with Gasteiger partial charge < -0.3 is 18.9 Å². The van der Waals surface area contributed by atoms with Crippen molar-refractivity contribution in [3.8, 4) is 11.5 Å². The largest absolute Gasteiger partial charge is 0.493 e. The molecule has 0 aliphatic carbocycles. The Morgan fingerprint density at radius 3 is 2.52 bits per heavy atom. The lowest BCUT2D eigenvalue weighted by atomic mass is 10.1. The lowest BCUT2D eigenvalue weighted by Crippen LogP contribution is -2.24. The van der Waals surface area contributed by atoms with E-state index in [2.05, 4.69) is 4.57 Å². The van der Waals surface area contributed by atoms with Gasteiger partial charge >= 0.3 is 0 Å². The van der Waals surface area contributed by atoms with Gasteiger partial charge in [0.1, 0.15) is 18.2 Å². The van der Waals surface area contributed by atoms with Gasteiger partial charge in [-0.1, -0.05) is 24.3 Å². The molecule has 6 nitrogen and oxygen atoms in total. The van der Waals surface area contributed by atoms with Crippen molar-refractivity contribution in [3.63, 3.8) is 0 Å². The third kappa shape index (κ3) is 4.14. The normalized spacial score (nSPS) is 15.9. The molecule has 1 atom stereocenters. The molecule has 1 aliphatic heterocycles. The zero-order chi connectivity index (χ0) is 22.8. The Morgan fingerprint density at radius 2 is 1.73 bits per heavy atom. The smallest absolute Gasteiger partial charge is 0.227 e. The van der Waals surface area contributed by atoms with Crippen LogP contribution in [0, 0.1) is 5.82 Å². The number of carbonyl (C=O) groups is 1. The number of nitrogens with zero attached hydrogens (tertiary/aromatic N) is 3. The summed E-state index contributed by atoms with van der Waals surface area (Å²) >= 11 is 0. The lowest BCUT2D eigenvalue weighted by Gasteiger charge is -2.18. The van der Waals surface area contributed by atoms with Crippen LogP contribution in [0.1, 0.15) is 18.2 Å². The zero-order valence-electron chi connectivity index (χ0n) is 18.3. The van der Waals surface area contributed by atoms with E-state index in [1.807, 2.05) is 48.5 Å². The first-order valence-electron chi connectivity index (χ1n) is 10.9. The van der Waals surface area contributed by atoms with Crippen molar-refractivity contribution in [2.45, 2.75) is 18.9 Å². The van der Waals surface area contributed by atoms with Gasteiger partial charge in [0.2, 0.25) is 5.91 Å². The first-order valence-corrected chi connectivity index (χ1v) is 10.9. The molecule has 1 aliphatic rings. The molecule has 1 saturated heterocycles. The van der Waals surface area contributed by atoms with Gasteiger partial charge in [-0.3, -0.25) is 4.79 Å². The van der Waals surface area contributed by atoms with Gasteiger partial charge in [-0.2, -0.15) is 0 Å². The molecule has 2 heterocycles. The van der Waals surface area contributed by atoms with E-state index in [-0.39, 0.29) is 17.6 Å². The van der Waals surface area contributed by atoms with E-state index in [9.17, 15) is 9.18 Å². The molecule has 1 amide bonds. The first kappa shape index (κ1) is 21.0. The highest BCUT2D eigenvalue weighted by atomic mass is 19.1. The van der Waals surface area contributed by atoms with Gasteiger partial charge in [-0.15, -0.1) is 0 Å². The molecule has 0 saturated carbocycles. The van der Waals surface area contributed by atoms with Crippen molar-refractivity contribution >= 4 is 22.6 Å². The summed E-state index contributed by atoms with van der Waals surface area (Å²) in [5.41, 5.74) is 2.59. The minimum absolute atomic E-state index is 0.00971. The number of hydrogen-bond donors (Lipinski definition) is 0. The quantitative estimate of drug-likeness (QED) is 0.411. The molecule has 0 bridgehead atoms. The summed E-state index contributed by atoms with van der Waals surface area (Å²) in [6.45, 7) is 1.51. The first-order chi connectivity index (χ1) is 16.1. The molecule has 5 rings (SSSR count). The van der Waals surface area contributed by atoms with E-state index in [4.69, 9.17) is 14.5 Å². The van der Waals surface area contributed by atoms with Crippen LogP contribution >= 0.6 is 0 Å². The number of amides is 1. The van der Waals surface area contributed by atoms with E-state index in [1.165, 1.54) is 12.1 Å². The van der Waals surface area contributed by atoms with Crippen LogP contribution in [0.25, 0.3) is 11.0 Å². The van der Waals surface area contributed by atoms with Gasteiger partial charge in [0.15, 0.2) is 11.5 Å². The highest BCUT2D eigenvalue weighted by molar-refractivity contribution is 5.96. The molecule has 33 heavy (non-hydrogen) atoms. The van der Waals surface area contributed by atoms with Crippen LogP contribution in [-0.4, -0.2) is 35.7 Å². The molecule has 7 heteroatoms. The number of imidazole rings is 1. The Labute approximate surface area is 191 Å². The minimum atomic E-state index is -0.321. The fraction of sp³-hybridized carbons (Fsp3) is 0.231. The average molecular weight is 445 g/mol. The molecule has 1 fully saturated rings. The van der Waals surface area contributed by atoms with Crippen LogP contribution in [0.4, 0.5) is 10.1 Å². The van der Waals surface area contributed by atoms with Crippen LogP contribution in [0.3, 0.4) is 0 Å². The maximum atomic E-state index is 13.3. The summed E-state index contributed by atoms with van der Waals surface area (Å²) < 4.78 is 26.8. The molecular formula is C26H24FN3O3. The van der Waals surface area contributed by atoms with Gasteiger partial charge in [-0.25, -0.2) is 9.37 Å². The summed E-state index contributed by atoms with van der Waals surface area (Å²) in [6, 6.07) is 21.5. The number of para-hydroxylation sites is 4. The number of halogens is 1. The summed E-state index contributed by atoms with van der Waals surface area (Å²) in [6.07, 6.45) is 0.355. The van der Waals surface area contributed by atoms with Crippen molar-refractivity contribution in [1.29, 1.82) is 0 Å². The Morgan fingerprint density at radius 1 is 1.00 bits per heavy atom. The summed E-state index contributed by atoms with van der Waals surface area (Å²) in [4.78, 5) is 19.4. The third-order valence-corrected chi connectivity index (χ3v) is 5.95. The Hall–Kier alpha value is -3.87. The number of ether oxygens (including phenoxy) is 2. The van der Waals surface area contributed by atoms with Gasteiger partial charge in [0.05, 0.1) is 24.7 Å². The maximum Gasteiger partial charge on any atom is 0.227 e. The average Bonchev–Trinajstić information content (AvgIpc) is 3.40. The minimum Gasteiger partial charge on any atom is -0.493 e. The second-order valence-corrected chi connectivity index (χ2v) is 7.99. The summed E-state index contributed by atoms with van der Waals surface area (Å²) in [5, 5.41) is 0. The number of anilines is 1. The highest BCUT2D eigenvalue weighted by Gasteiger charge is 2.34. The monoisotopic (exact) mass is 445 g/mol. The number of aromatic nitrogens is 2. The zero-order valence-corrected chi connectivity index (χ0v) is 18.3. The van der Waals surface area contributed by atoms with Crippen molar-refractivity contribution in [2.75, 3.05) is 25.2 Å². The van der Waals surface area contributed by atoms with Crippen molar-refractivity contribution in [3.05, 3.63) is 84.4 Å². The lowest BCUT2D eigenvalue weighted by molar-refractivity contribution is -0.117. The predicted octanol–water partition coefficient (Wildman–Crippen LogP) is 4.78. The number of rotatable bonds is 7. The highest BCUT2D eigenvalue weighted by Crippen LogP contribution is 2.33. The summed E-state index contributed by atoms with van der Waals surface area (Å²) in [5.74, 6) is 1.85. The Kier molecular flexibility index (Phi) is 5.69. The molecule has 0 radical (unpaired) electrons. The van der Waals surface area contributed by atoms with Crippen LogP contribution in [0.15, 0.2) is 72.8 Å². The number of methoxy groups -OCH3 is 1. The molecule has 0 spiro atoms. The Balaban J connectivity index is 1.40. The SMILES string of the molecule is COc1ccccc1OCCn1c([C@@H]2CC(=O)N(c3ccc(F)cc3)C2)nc2ccccc21. The number of benzene rings is 3. The molecule has 0 N–H and O–H groups in total. The van der Waals surface area contributed by atoms with E-state index < -0.39 is 0 Å². The van der Waals surface area contributed by atoms with E-state index in [0.717, 1.165) is 16.9 Å².